The molecule has 0 bridgehead atoms. The Morgan fingerprint density at radius 1 is 1.17 bits per heavy atom. The molecule has 0 amide bonds. The summed E-state index contributed by atoms with van der Waals surface area (Å²) < 4.78 is 25.6. The molecule has 0 aliphatic rings. The molecular formula is C22H29N5O2S. The number of nitrogens with zero attached hydrogens (tertiary/aromatic N) is 3. The molecule has 1 aromatic carbocycles. The average Bonchev–Trinajstić information content (AvgIpc) is 3.09. The highest BCUT2D eigenvalue weighted by Gasteiger charge is 2.11. The van der Waals surface area contributed by atoms with Crippen LogP contribution in [0.4, 0.5) is 0 Å². The van der Waals surface area contributed by atoms with E-state index in [4.69, 9.17) is 4.98 Å². The van der Waals surface area contributed by atoms with Gasteiger partial charge in [0.25, 0.3) is 0 Å². The molecule has 0 aliphatic heterocycles. The van der Waals surface area contributed by atoms with Gasteiger partial charge in [-0.05, 0) is 49.6 Å². The van der Waals surface area contributed by atoms with Gasteiger partial charge in [0.2, 0.25) is 0 Å². The first-order valence-electron chi connectivity index (χ1n) is 10.0. The summed E-state index contributed by atoms with van der Waals surface area (Å²) in [7, 11) is -3.21. The van der Waals surface area contributed by atoms with Crippen LogP contribution < -0.4 is 10.6 Å². The van der Waals surface area contributed by atoms with E-state index in [1.165, 1.54) is 6.26 Å². The van der Waals surface area contributed by atoms with Gasteiger partial charge in [0.05, 0.1) is 17.1 Å². The van der Waals surface area contributed by atoms with Crippen molar-refractivity contribution in [1.82, 2.24) is 20.0 Å². The third kappa shape index (κ3) is 5.38. The lowest BCUT2D eigenvalue weighted by Gasteiger charge is -2.11. The number of guanidine groups is 1. The fourth-order valence-corrected chi connectivity index (χ4v) is 4.33. The van der Waals surface area contributed by atoms with Crippen molar-refractivity contribution in [2.45, 2.75) is 38.6 Å². The molecule has 0 aliphatic carbocycles. The van der Waals surface area contributed by atoms with E-state index in [-0.39, 0.29) is 0 Å². The Balaban J connectivity index is 1.63. The number of aromatic nitrogens is 2. The van der Waals surface area contributed by atoms with Crippen LogP contribution in [0.1, 0.15) is 29.3 Å². The van der Waals surface area contributed by atoms with Crippen LogP contribution in [0.2, 0.25) is 0 Å². The molecule has 2 aromatic heterocycles. The Labute approximate surface area is 178 Å². The number of sulfone groups is 1. The predicted molar refractivity (Wildman–Crippen MR) is 121 cm³/mol. The molecule has 0 saturated heterocycles. The van der Waals surface area contributed by atoms with Gasteiger partial charge >= 0.3 is 0 Å². The first-order chi connectivity index (χ1) is 14.3. The van der Waals surface area contributed by atoms with Crippen molar-refractivity contribution in [1.29, 1.82) is 0 Å². The van der Waals surface area contributed by atoms with Crippen LogP contribution in [0.15, 0.2) is 52.6 Å². The standard InChI is InChI=1S/C22H29N5O2S/c1-5-23-22(25-14-18-8-9-20(17(3)13-18)30(4,28)29)24-11-10-19-15-27-12-6-7-16(2)21(27)26-19/h6-9,12-13,15H,5,10-11,14H2,1-4H3,(H2,23,24,25). The van der Waals surface area contributed by atoms with Crippen LogP contribution in [0.5, 0.6) is 0 Å². The second kappa shape index (κ2) is 9.30. The minimum Gasteiger partial charge on any atom is -0.357 e. The summed E-state index contributed by atoms with van der Waals surface area (Å²) in [4.78, 5) is 9.69. The number of pyridine rings is 1. The minimum absolute atomic E-state index is 0.364. The summed E-state index contributed by atoms with van der Waals surface area (Å²) in [5, 5.41) is 6.58. The normalized spacial score (nSPS) is 12.3. The molecule has 0 atom stereocenters. The van der Waals surface area contributed by atoms with E-state index in [0.717, 1.165) is 47.0 Å². The Bertz CT molecular complexity index is 1170. The molecule has 0 saturated carbocycles. The zero-order valence-corrected chi connectivity index (χ0v) is 18.8. The summed E-state index contributed by atoms with van der Waals surface area (Å²) in [6.45, 7) is 7.82. The molecule has 160 valence electrons. The lowest BCUT2D eigenvalue weighted by molar-refractivity contribution is 0.601. The topological polar surface area (TPSA) is 87.9 Å². The van der Waals surface area contributed by atoms with Gasteiger partial charge in [-0.15, -0.1) is 0 Å². The fraction of sp³-hybridized carbons (Fsp3) is 0.364. The van der Waals surface area contributed by atoms with Crippen LogP contribution in [0.3, 0.4) is 0 Å². The van der Waals surface area contributed by atoms with Gasteiger partial charge in [0, 0.05) is 38.2 Å². The average molecular weight is 428 g/mol. The first-order valence-corrected chi connectivity index (χ1v) is 11.9. The summed E-state index contributed by atoms with van der Waals surface area (Å²) in [6, 6.07) is 9.43. The maximum Gasteiger partial charge on any atom is 0.191 e. The third-order valence-corrected chi connectivity index (χ3v) is 6.06. The largest absolute Gasteiger partial charge is 0.357 e. The molecule has 8 heteroatoms. The smallest absolute Gasteiger partial charge is 0.191 e. The summed E-state index contributed by atoms with van der Waals surface area (Å²) in [5.41, 5.74) is 4.88. The molecule has 2 N–H and O–H groups in total. The van der Waals surface area contributed by atoms with Gasteiger partial charge in [-0.2, -0.15) is 0 Å². The Kier molecular flexibility index (Phi) is 6.77. The second-order valence-corrected chi connectivity index (χ2v) is 9.38. The van der Waals surface area contributed by atoms with Gasteiger partial charge in [-0.25, -0.2) is 18.4 Å². The molecule has 0 radical (unpaired) electrons. The Hall–Kier alpha value is -2.87. The van der Waals surface area contributed by atoms with Crippen LogP contribution in [0.25, 0.3) is 5.65 Å². The zero-order valence-electron chi connectivity index (χ0n) is 17.9. The van der Waals surface area contributed by atoms with Gasteiger partial charge in [0.15, 0.2) is 15.8 Å². The molecule has 7 nitrogen and oxygen atoms in total. The molecule has 3 aromatic rings. The van der Waals surface area contributed by atoms with Crippen molar-refractivity contribution in [3.8, 4) is 0 Å². The number of rotatable bonds is 7. The first kappa shape index (κ1) is 21.8. The third-order valence-electron chi connectivity index (χ3n) is 4.80. The van der Waals surface area contributed by atoms with Crippen LogP contribution in [-0.2, 0) is 22.8 Å². The number of nitrogens with one attached hydrogen (secondary N) is 2. The number of fused-ring (bicyclic) bond motifs is 1. The van der Waals surface area contributed by atoms with Gasteiger partial charge < -0.3 is 15.0 Å². The van der Waals surface area contributed by atoms with Crippen molar-refractivity contribution in [3.63, 3.8) is 0 Å². The molecule has 2 heterocycles. The number of hydrogen-bond donors (Lipinski definition) is 2. The van der Waals surface area contributed by atoms with E-state index in [9.17, 15) is 8.42 Å². The van der Waals surface area contributed by atoms with Crippen molar-refractivity contribution >= 4 is 21.4 Å². The lowest BCUT2D eigenvalue weighted by Crippen LogP contribution is -2.38. The number of aryl methyl sites for hydroxylation is 2. The number of hydrogen-bond acceptors (Lipinski definition) is 4. The van der Waals surface area contributed by atoms with Gasteiger partial charge in [-0.3, -0.25) is 0 Å². The second-order valence-electron chi connectivity index (χ2n) is 7.40. The van der Waals surface area contributed by atoms with Crippen molar-refractivity contribution in [3.05, 3.63) is 65.1 Å². The maximum atomic E-state index is 11.8. The minimum atomic E-state index is -3.21. The van der Waals surface area contributed by atoms with Crippen LogP contribution in [0, 0.1) is 13.8 Å². The molecule has 0 spiro atoms. The van der Waals surface area contributed by atoms with Crippen LogP contribution in [-0.4, -0.2) is 43.1 Å². The fourth-order valence-electron chi connectivity index (χ4n) is 3.37. The highest BCUT2D eigenvalue weighted by atomic mass is 32.2. The molecule has 30 heavy (non-hydrogen) atoms. The molecular weight excluding hydrogens is 398 g/mol. The highest BCUT2D eigenvalue weighted by molar-refractivity contribution is 7.90. The SMILES string of the molecule is CCNC(=NCc1ccc(S(C)(=O)=O)c(C)c1)NCCc1cn2cccc(C)c2n1. The van der Waals surface area contributed by atoms with Crippen molar-refractivity contribution < 1.29 is 8.42 Å². The quantitative estimate of drug-likeness (QED) is 0.447. The maximum absolute atomic E-state index is 11.8. The highest BCUT2D eigenvalue weighted by Crippen LogP contribution is 2.17. The van der Waals surface area contributed by atoms with E-state index in [1.54, 1.807) is 6.07 Å². The van der Waals surface area contributed by atoms with Crippen molar-refractivity contribution in [2.24, 2.45) is 4.99 Å². The van der Waals surface area contributed by atoms with Gasteiger partial charge in [-0.1, -0.05) is 18.2 Å². The molecule has 0 unspecified atom stereocenters. The monoisotopic (exact) mass is 427 g/mol. The summed E-state index contributed by atoms with van der Waals surface area (Å²) in [5.74, 6) is 0.724. The van der Waals surface area contributed by atoms with E-state index in [2.05, 4.69) is 34.8 Å². The van der Waals surface area contributed by atoms with Crippen LogP contribution >= 0.6 is 0 Å². The Morgan fingerprint density at radius 2 is 1.97 bits per heavy atom. The number of imidazole rings is 1. The molecule has 3 rings (SSSR count). The van der Waals surface area contributed by atoms with E-state index in [0.29, 0.717) is 18.0 Å². The van der Waals surface area contributed by atoms with E-state index < -0.39 is 9.84 Å². The summed E-state index contributed by atoms with van der Waals surface area (Å²) in [6.07, 6.45) is 6.08. The predicted octanol–water partition coefficient (Wildman–Crippen LogP) is 2.65. The zero-order chi connectivity index (χ0) is 21.7. The van der Waals surface area contributed by atoms with Crippen molar-refractivity contribution in [2.75, 3.05) is 19.3 Å². The summed E-state index contributed by atoms with van der Waals surface area (Å²) >= 11 is 0. The number of aliphatic imine (C=N–C) groups is 1. The van der Waals surface area contributed by atoms with E-state index >= 15 is 0 Å². The molecule has 0 fully saturated rings. The van der Waals surface area contributed by atoms with E-state index in [1.807, 2.05) is 42.6 Å². The number of benzene rings is 1. The lowest BCUT2D eigenvalue weighted by atomic mass is 10.1. The van der Waals surface area contributed by atoms with Gasteiger partial charge in [0.1, 0.15) is 5.65 Å². The Morgan fingerprint density at radius 3 is 2.63 bits per heavy atom.